The maximum atomic E-state index is 6.36. The minimum absolute atomic E-state index is 0.251. The highest BCUT2D eigenvalue weighted by Gasteiger charge is 2.21. The molecule has 1 unspecified atom stereocenters. The highest BCUT2D eigenvalue weighted by atomic mass is 35.5. The predicted octanol–water partition coefficient (Wildman–Crippen LogP) is 3.65. The van der Waals surface area contributed by atoms with Crippen LogP contribution in [0.5, 0.6) is 0 Å². The van der Waals surface area contributed by atoms with Gasteiger partial charge in [0.05, 0.1) is 17.6 Å². The van der Waals surface area contributed by atoms with Crippen LogP contribution >= 0.6 is 23.2 Å². The second kappa shape index (κ2) is 5.33. The van der Waals surface area contributed by atoms with Crippen molar-refractivity contribution in [1.29, 1.82) is 0 Å². The fourth-order valence-corrected chi connectivity index (χ4v) is 2.53. The van der Waals surface area contributed by atoms with Gasteiger partial charge in [0.25, 0.3) is 0 Å². The molecule has 0 saturated carbocycles. The number of aromatic nitrogens is 4. The molecule has 0 aliphatic rings. The van der Waals surface area contributed by atoms with Crippen LogP contribution in [-0.4, -0.2) is 19.6 Å². The lowest BCUT2D eigenvalue weighted by Crippen LogP contribution is -2.06. The van der Waals surface area contributed by atoms with Gasteiger partial charge in [-0.2, -0.15) is 10.2 Å². The molecule has 2 heterocycles. The zero-order valence-electron chi connectivity index (χ0n) is 10.7. The summed E-state index contributed by atoms with van der Waals surface area (Å²) in [7, 11) is 1.88. The molecule has 0 amide bonds. The largest absolute Gasteiger partial charge is 0.266 e. The molecule has 0 bridgehead atoms. The van der Waals surface area contributed by atoms with Gasteiger partial charge in [-0.25, -0.2) is 0 Å². The smallest absolute Gasteiger partial charge is 0.132 e. The van der Waals surface area contributed by atoms with E-state index in [1.165, 1.54) is 0 Å². The van der Waals surface area contributed by atoms with Crippen molar-refractivity contribution in [3.05, 3.63) is 23.0 Å². The summed E-state index contributed by atoms with van der Waals surface area (Å²) in [6.45, 7) is 4.19. The number of halogens is 2. The lowest BCUT2D eigenvalue weighted by Gasteiger charge is -2.10. The first-order valence-corrected chi connectivity index (χ1v) is 6.82. The molecule has 6 heteroatoms. The van der Waals surface area contributed by atoms with Crippen molar-refractivity contribution in [2.75, 3.05) is 0 Å². The Balaban J connectivity index is 2.58. The lowest BCUT2D eigenvalue weighted by atomic mass is 10.2. The van der Waals surface area contributed by atoms with Gasteiger partial charge in [-0.1, -0.05) is 18.5 Å². The van der Waals surface area contributed by atoms with E-state index >= 15 is 0 Å². The zero-order valence-corrected chi connectivity index (χ0v) is 12.2. The van der Waals surface area contributed by atoms with E-state index in [2.05, 4.69) is 24.0 Å². The summed E-state index contributed by atoms with van der Waals surface area (Å²) in [5.41, 5.74) is 2.60. The minimum Gasteiger partial charge on any atom is -0.266 e. The van der Waals surface area contributed by atoms with Gasteiger partial charge >= 0.3 is 0 Å². The molecule has 2 aromatic rings. The monoisotopic (exact) mass is 286 g/mol. The molecular formula is C12H16Cl2N4. The molecule has 98 valence electrons. The highest BCUT2D eigenvalue weighted by Crippen LogP contribution is 2.32. The van der Waals surface area contributed by atoms with Crippen molar-refractivity contribution in [3.63, 3.8) is 0 Å². The van der Waals surface area contributed by atoms with Gasteiger partial charge in [0.1, 0.15) is 10.8 Å². The summed E-state index contributed by atoms with van der Waals surface area (Å²) < 4.78 is 3.61. The second-order valence-corrected chi connectivity index (χ2v) is 4.92. The molecule has 0 aromatic carbocycles. The van der Waals surface area contributed by atoms with Gasteiger partial charge in [-0.05, 0) is 19.4 Å². The van der Waals surface area contributed by atoms with Crippen LogP contribution in [0.3, 0.4) is 0 Å². The average molecular weight is 287 g/mol. The Labute approximate surface area is 116 Å². The van der Waals surface area contributed by atoms with Crippen LogP contribution in [0.2, 0.25) is 5.15 Å². The van der Waals surface area contributed by atoms with Crippen LogP contribution < -0.4 is 0 Å². The predicted molar refractivity (Wildman–Crippen MR) is 74.0 cm³/mol. The number of hydrogen-bond donors (Lipinski definition) is 0. The molecule has 2 rings (SSSR count). The molecule has 18 heavy (non-hydrogen) atoms. The maximum absolute atomic E-state index is 6.36. The Morgan fingerprint density at radius 1 is 1.44 bits per heavy atom. The summed E-state index contributed by atoms with van der Waals surface area (Å²) >= 11 is 12.4. The van der Waals surface area contributed by atoms with Crippen LogP contribution in [0.4, 0.5) is 0 Å². The number of rotatable bonds is 4. The van der Waals surface area contributed by atoms with E-state index in [0.29, 0.717) is 11.0 Å². The summed E-state index contributed by atoms with van der Waals surface area (Å²) in [5.74, 6) is 0.343. The molecule has 0 aliphatic heterocycles. The molecule has 4 nitrogen and oxygen atoms in total. The Morgan fingerprint density at radius 2 is 2.17 bits per heavy atom. The van der Waals surface area contributed by atoms with Crippen LogP contribution in [-0.2, 0) is 12.9 Å². The van der Waals surface area contributed by atoms with E-state index in [9.17, 15) is 0 Å². The molecule has 0 saturated heterocycles. The number of hydrogen-bond acceptors (Lipinski definition) is 2. The van der Waals surface area contributed by atoms with Crippen LogP contribution in [0.1, 0.15) is 31.9 Å². The molecule has 2 aromatic heterocycles. The van der Waals surface area contributed by atoms with E-state index in [-0.39, 0.29) is 6.04 Å². The Morgan fingerprint density at radius 3 is 2.67 bits per heavy atom. The van der Waals surface area contributed by atoms with Gasteiger partial charge in [0.15, 0.2) is 0 Å². The number of alkyl halides is 1. The topological polar surface area (TPSA) is 35.6 Å². The SMILES string of the molecule is CCC(C)n1nc(-c2ccnn2C)c(CCl)c1Cl. The summed E-state index contributed by atoms with van der Waals surface area (Å²) in [4.78, 5) is 0. The van der Waals surface area contributed by atoms with Crippen molar-refractivity contribution >= 4 is 23.2 Å². The lowest BCUT2D eigenvalue weighted by molar-refractivity contribution is 0.479. The Bertz CT molecular complexity index is 544. The van der Waals surface area contributed by atoms with E-state index < -0.39 is 0 Å². The third-order valence-corrected chi connectivity index (χ3v) is 3.82. The van der Waals surface area contributed by atoms with Crippen molar-refractivity contribution in [2.45, 2.75) is 32.2 Å². The zero-order chi connectivity index (χ0) is 13.3. The van der Waals surface area contributed by atoms with Crippen LogP contribution in [0, 0.1) is 0 Å². The molecule has 1 atom stereocenters. The van der Waals surface area contributed by atoms with Crippen LogP contribution in [0.25, 0.3) is 11.4 Å². The first-order valence-electron chi connectivity index (χ1n) is 5.91. The highest BCUT2D eigenvalue weighted by molar-refractivity contribution is 6.31. The second-order valence-electron chi connectivity index (χ2n) is 4.29. The normalized spacial score (nSPS) is 12.9. The van der Waals surface area contributed by atoms with Gasteiger partial charge in [0, 0.05) is 18.8 Å². The first kappa shape index (κ1) is 13.4. The minimum atomic E-state index is 0.251. The molecule has 0 spiro atoms. The summed E-state index contributed by atoms with van der Waals surface area (Å²) in [5, 5.41) is 9.37. The molecule has 0 fully saturated rings. The van der Waals surface area contributed by atoms with Gasteiger partial charge in [-0.15, -0.1) is 11.6 Å². The van der Waals surface area contributed by atoms with Gasteiger partial charge < -0.3 is 0 Å². The number of aryl methyl sites for hydroxylation is 1. The summed E-state index contributed by atoms with van der Waals surface area (Å²) in [6, 6.07) is 2.16. The molecule has 0 N–H and O–H groups in total. The first-order chi connectivity index (χ1) is 8.60. The Hall–Kier alpha value is -1.00. The summed E-state index contributed by atoms with van der Waals surface area (Å²) in [6.07, 6.45) is 2.71. The third-order valence-electron chi connectivity index (χ3n) is 3.15. The third kappa shape index (κ3) is 2.15. The maximum Gasteiger partial charge on any atom is 0.132 e. The van der Waals surface area contributed by atoms with Crippen LogP contribution in [0.15, 0.2) is 12.3 Å². The average Bonchev–Trinajstić information content (AvgIpc) is 2.91. The number of nitrogens with zero attached hydrogens (tertiary/aromatic N) is 4. The Kier molecular flexibility index (Phi) is 3.97. The standard InChI is InChI=1S/C12H16Cl2N4/c1-4-8(2)18-12(14)9(7-13)11(16-18)10-5-6-15-17(10)3/h5-6,8H,4,7H2,1-3H3. The quantitative estimate of drug-likeness (QED) is 0.805. The molecule has 0 aliphatic carbocycles. The van der Waals surface area contributed by atoms with E-state index in [1.54, 1.807) is 10.9 Å². The van der Waals surface area contributed by atoms with Crippen molar-refractivity contribution in [1.82, 2.24) is 19.6 Å². The molecule has 0 radical (unpaired) electrons. The van der Waals surface area contributed by atoms with Crippen molar-refractivity contribution in [2.24, 2.45) is 7.05 Å². The van der Waals surface area contributed by atoms with E-state index in [0.717, 1.165) is 23.4 Å². The molecular weight excluding hydrogens is 271 g/mol. The van der Waals surface area contributed by atoms with Gasteiger partial charge in [-0.3, -0.25) is 9.36 Å². The van der Waals surface area contributed by atoms with Crippen molar-refractivity contribution in [3.8, 4) is 11.4 Å². The fraction of sp³-hybridized carbons (Fsp3) is 0.500. The van der Waals surface area contributed by atoms with E-state index in [4.69, 9.17) is 23.2 Å². The van der Waals surface area contributed by atoms with Crippen molar-refractivity contribution < 1.29 is 0 Å². The fourth-order valence-electron chi connectivity index (χ4n) is 1.84. The van der Waals surface area contributed by atoms with Gasteiger partial charge in [0.2, 0.25) is 0 Å². The van der Waals surface area contributed by atoms with E-state index in [1.807, 2.05) is 17.8 Å².